The quantitative estimate of drug-likeness (QED) is 0.228. The van der Waals surface area contributed by atoms with E-state index in [0.717, 1.165) is 33.4 Å². The van der Waals surface area contributed by atoms with E-state index in [9.17, 15) is 28.5 Å². The molecule has 1 aromatic heterocycles. The maximum Gasteiger partial charge on any atom is 0.331 e. The maximum absolute atomic E-state index is 14.7. The monoisotopic (exact) mass is 604 g/mol. The molecule has 0 saturated carbocycles. The first-order chi connectivity index (χ1) is 21.0. The van der Waals surface area contributed by atoms with Crippen LogP contribution in [0.2, 0.25) is 0 Å². The normalized spacial score (nSPS) is 14.5. The molecule has 0 amide bonds. The summed E-state index contributed by atoms with van der Waals surface area (Å²) in [6.07, 6.45) is 0. The number of aromatic nitrogens is 2. The van der Waals surface area contributed by atoms with Crippen LogP contribution in [0.3, 0.4) is 0 Å². The smallest absolute Gasteiger partial charge is 0.331 e. The van der Waals surface area contributed by atoms with Gasteiger partial charge in [0.1, 0.15) is 17.3 Å². The number of nitrogens with two attached hydrogens (primary N) is 1. The van der Waals surface area contributed by atoms with E-state index in [-0.39, 0.29) is 23.5 Å². The minimum atomic E-state index is -0.790. The number of halogens is 2. The number of aryl methyl sites for hydroxylation is 1. The summed E-state index contributed by atoms with van der Waals surface area (Å²) in [7, 11) is 0. The number of piperazine rings is 1. The molecule has 0 aliphatic carbocycles. The Balaban J connectivity index is 1.48. The highest BCUT2D eigenvalue weighted by Gasteiger charge is 2.27. The van der Waals surface area contributed by atoms with Crippen LogP contribution in [0.15, 0.2) is 76.3 Å². The summed E-state index contributed by atoms with van der Waals surface area (Å²) >= 11 is 0. The highest BCUT2D eigenvalue weighted by molar-refractivity contribution is 5.50. The van der Waals surface area contributed by atoms with Gasteiger partial charge < -0.3 is 10.6 Å². The zero-order chi connectivity index (χ0) is 31.5. The van der Waals surface area contributed by atoms with Crippen molar-refractivity contribution in [3.63, 3.8) is 0 Å². The number of anilines is 1. The molecule has 1 aliphatic heterocycles. The van der Waals surface area contributed by atoms with Gasteiger partial charge in [-0.2, -0.15) is 0 Å². The van der Waals surface area contributed by atoms with E-state index in [0.29, 0.717) is 38.4 Å². The molecule has 1 aliphatic rings. The fourth-order valence-electron chi connectivity index (χ4n) is 5.70. The Morgan fingerprint density at radius 3 is 2.20 bits per heavy atom. The number of hydrogen-bond donors (Lipinski definition) is 1. The lowest BCUT2D eigenvalue weighted by Crippen LogP contribution is -2.51. The molecule has 1 fully saturated rings. The number of non-ortho nitro benzene ring substituents is 1. The lowest BCUT2D eigenvalue weighted by atomic mass is 10.1. The van der Waals surface area contributed by atoms with Crippen molar-refractivity contribution in [3.8, 4) is 0 Å². The lowest BCUT2D eigenvalue weighted by Gasteiger charge is -2.37. The molecule has 1 unspecified atom stereocenters. The van der Waals surface area contributed by atoms with E-state index in [1.165, 1.54) is 16.7 Å². The first-order valence-corrected chi connectivity index (χ1v) is 14.3. The average molecular weight is 605 g/mol. The van der Waals surface area contributed by atoms with Gasteiger partial charge in [0.25, 0.3) is 11.2 Å². The highest BCUT2D eigenvalue weighted by atomic mass is 19.1. The summed E-state index contributed by atoms with van der Waals surface area (Å²) in [5.41, 5.74) is 8.10. The predicted molar refractivity (Wildman–Crippen MR) is 164 cm³/mol. The fraction of sp³-hybridized carbons (Fsp3) is 0.312. The molecule has 4 aromatic rings. The molecule has 10 nitrogen and oxygen atoms in total. The van der Waals surface area contributed by atoms with Crippen LogP contribution in [0.4, 0.5) is 20.2 Å². The van der Waals surface area contributed by atoms with E-state index in [1.54, 1.807) is 19.1 Å². The molecule has 230 valence electrons. The summed E-state index contributed by atoms with van der Waals surface area (Å²) in [6, 6.07) is 16.8. The minimum absolute atomic E-state index is 0.0229. The summed E-state index contributed by atoms with van der Waals surface area (Å²) in [5, 5.41) is 11.2. The van der Waals surface area contributed by atoms with Crippen molar-refractivity contribution in [1.29, 1.82) is 0 Å². The Kier molecular flexibility index (Phi) is 9.02. The van der Waals surface area contributed by atoms with Gasteiger partial charge in [-0.1, -0.05) is 48.0 Å². The van der Waals surface area contributed by atoms with Gasteiger partial charge in [0, 0.05) is 62.2 Å². The zero-order valence-corrected chi connectivity index (χ0v) is 24.6. The Hall–Kier alpha value is -4.68. The number of nitro benzene ring substituents is 1. The number of hydrogen-bond acceptors (Lipinski definition) is 7. The molecule has 2 N–H and O–H groups in total. The molecule has 1 saturated heterocycles. The second kappa shape index (κ2) is 12.9. The van der Waals surface area contributed by atoms with Gasteiger partial charge in [-0.3, -0.25) is 28.9 Å². The average Bonchev–Trinajstić information content (AvgIpc) is 2.99. The van der Waals surface area contributed by atoms with Gasteiger partial charge in [0.2, 0.25) is 0 Å². The van der Waals surface area contributed by atoms with Crippen molar-refractivity contribution in [2.24, 2.45) is 5.73 Å². The van der Waals surface area contributed by atoms with Crippen molar-refractivity contribution in [2.75, 3.05) is 31.1 Å². The molecule has 0 bridgehead atoms. The molecule has 0 radical (unpaired) electrons. The Morgan fingerprint density at radius 2 is 1.55 bits per heavy atom. The van der Waals surface area contributed by atoms with Crippen LogP contribution in [0.25, 0.3) is 0 Å². The van der Waals surface area contributed by atoms with Crippen LogP contribution >= 0.6 is 0 Å². The van der Waals surface area contributed by atoms with Crippen molar-refractivity contribution in [2.45, 2.75) is 39.5 Å². The Morgan fingerprint density at radius 1 is 0.886 bits per heavy atom. The van der Waals surface area contributed by atoms with Crippen LogP contribution < -0.4 is 21.9 Å². The lowest BCUT2D eigenvalue weighted by molar-refractivity contribution is -0.384. The van der Waals surface area contributed by atoms with Gasteiger partial charge >= 0.3 is 5.69 Å². The van der Waals surface area contributed by atoms with E-state index in [4.69, 9.17) is 5.73 Å². The van der Waals surface area contributed by atoms with Crippen molar-refractivity contribution in [3.05, 3.63) is 137 Å². The van der Waals surface area contributed by atoms with Crippen LogP contribution in [0.1, 0.15) is 34.0 Å². The predicted octanol–water partition coefficient (Wildman–Crippen LogP) is 3.88. The molecule has 12 heteroatoms. The first kappa shape index (κ1) is 30.8. The molecular weight excluding hydrogens is 570 g/mol. The molecule has 2 heterocycles. The van der Waals surface area contributed by atoms with E-state index >= 15 is 0 Å². The zero-order valence-electron chi connectivity index (χ0n) is 24.6. The second-order valence-corrected chi connectivity index (χ2v) is 11.1. The summed E-state index contributed by atoms with van der Waals surface area (Å²) in [6.45, 7) is 5.46. The van der Waals surface area contributed by atoms with E-state index < -0.39 is 40.4 Å². The van der Waals surface area contributed by atoms with Gasteiger partial charge in [-0.25, -0.2) is 13.6 Å². The topological polar surface area (TPSA) is 120 Å². The van der Waals surface area contributed by atoms with Gasteiger partial charge in [-0.15, -0.1) is 0 Å². The molecule has 3 aromatic carbocycles. The summed E-state index contributed by atoms with van der Waals surface area (Å²) in [4.78, 5) is 42.5. The number of benzene rings is 3. The van der Waals surface area contributed by atoms with Gasteiger partial charge in [0.05, 0.1) is 18.0 Å². The van der Waals surface area contributed by atoms with Crippen LogP contribution in [0.5, 0.6) is 0 Å². The van der Waals surface area contributed by atoms with E-state index in [2.05, 4.69) is 4.90 Å². The highest BCUT2D eigenvalue weighted by Crippen LogP contribution is 2.22. The third kappa shape index (κ3) is 6.46. The largest absolute Gasteiger partial charge is 0.363 e. The Bertz CT molecular complexity index is 1790. The van der Waals surface area contributed by atoms with Crippen molar-refractivity contribution >= 4 is 11.4 Å². The van der Waals surface area contributed by atoms with Crippen molar-refractivity contribution in [1.82, 2.24) is 14.0 Å². The van der Waals surface area contributed by atoms with E-state index in [1.807, 2.05) is 42.2 Å². The first-order valence-electron chi connectivity index (χ1n) is 14.3. The van der Waals surface area contributed by atoms with Gasteiger partial charge in [0.15, 0.2) is 0 Å². The molecule has 1 atom stereocenters. The third-order valence-electron chi connectivity index (χ3n) is 8.10. The van der Waals surface area contributed by atoms with Crippen molar-refractivity contribution < 1.29 is 13.7 Å². The number of nitrogens with zero attached hydrogens (tertiary/aromatic N) is 5. The third-order valence-corrected chi connectivity index (χ3v) is 8.10. The molecule has 0 spiro atoms. The maximum atomic E-state index is 14.7. The summed E-state index contributed by atoms with van der Waals surface area (Å²) < 4.78 is 31.7. The standard InChI is InChI=1S/C32H34F2N6O4/c1-21-6-3-8-24(16-21)29(35)20-39-31(41)30(22(2)38(32(39)42)19-26-27(33)10-5-11-28(26)34)37-14-12-36(13-15-37)18-23-7-4-9-25(17-23)40(43)44/h3-11,16-17,29H,12-15,18-20,35H2,1-2H3. The molecule has 44 heavy (non-hydrogen) atoms. The Labute approximate surface area is 252 Å². The number of rotatable bonds is 9. The summed E-state index contributed by atoms with van der Waals surface area (Å²) in [5.74, 6) is -1.58. The van der Waals surface area contributed by atoms with Crippen LogP contribution in [0, 0.1) is 35.6 Å². The molecule has 5 rings (SSSR count). The second-order valence-electron chi connectivity index (χ2n) is 11.1. The SMILES string of the molecule is Cc1cccc(C(N)Cn2c(=O)c(N3CCN(Cc4cccc([N+](=O)[O-])c4)CC3)c(C)n(Cc3c(F)cccc3F)c2=O)c1. The van der Waals surface area contributed by atoms with Crippen LogP contribution in [-0.4, -0.2) is 45.1 Å². The molecular formula is C32H34F2N6O4. The van der Waals surface area contributed by atoms with Gasteiger partial charge in [-0.05, 0) is 37.1 Å². The van der Waals surface area contributed by atoms with Crippen LogP contribution in [-0.2, 0) is 19.6 Å². The number of nitro groups is 1. The minimum Gasteiger partial charge on any atom is -0.363 e. The fourth-order valence-corrected chi connectivity index (χ4v) is 5.70.